The average molecular weight is 424 g/mol. The molecule has 0 radical (unpaired) electrons. The Morgan fingerprint density at radius 1 is 0.515 bits per heavy atom. The standard InChI is InChI=1S/C31H21NO/c1-20-11-15-30-26(17-20)27-19-22(13-16-31(27)33-30)21-12-14-29-25(18-21)24-9-5-6-10-28(24)32(29)23-7-3-2-4-8-23/h2-19H,1H3. The van der Waals surface area contributed by atoms with E-state index in [0.29, 0.717) is 0 Å². The van der Waals surface area contributed by atoms with Gasteiger partial charge < -0.3 is 8.98 Å². The van der Waals surface area contributed by atoms with Crippen LogP contribution in [0.5, 0.6) is 0 Å². The summed E-state index contributed by atoms with van der Waals surface area (Å²) >= 11 is 0. The number of rotatable bonds is 2. The van der Waals surface area contributed by atoms with E-state index in [0.717, 1.165) is 16.6 Å². The first kappa shape index (κ1) is 18.3. The van der Waals surface area contributed by atoms with Gasteiger partial charge >= 0.3 is 0 Å². The van der Waals surface area contributed by atoms with Crippen molar-refractivity contribution in [2.24, 2.45) is 0 Å². The van der Waals surface area contributed by atoms with E-state index in [1.54, 1.807) is 0 Å². The molecule has 2 heteroatoms. The first-order valence-corrected chi connectivity index (χ1v) is 11.3. The van der Waals surface area contributed by atoms with Gasteiger partial charge in [0.15, 0.2) is 0 Å². The van der Waals surface area contributed by atoms with E-state index in [-0.39, 0.29) is 0 Å². The fraction of sp³-hybridized carbons (Fsp3) is 0.0323. The normalized spacial score (nSPS) is 11.8. The summed E-state index contributed by atoms with van der Waals surface area (Å²) in [6, 6.07) is 38.9. The molecule has 0 saturated carbocycles. The molecule has 0 aliphatic carbocycles. The van der Waals surface area contributed by atoms with Gasteiger partial charge in [0.1, 0.15) is 11.2 Å². The molecule has 33 heavy (non-hydrogen) atoms. The molecular formula is C31H21NO. The van der Waals surface area contributed by atoms with Crippen LogP contribution in [0.4, 0.5) is 0 Å². The summed E-state index contributed by atoms with van der Waals surface area (Å²) in [5.74, 6) is 0. The summed E-state index contributed by atoms with van der Waals surface area (Å²) in [4.78, 5) is 0. The quantitative estimate of drug-likeness (QED) is 0.272. The molecule has 2 aromatic heterocycles. The van der Waals surface area contributed by atoms with Gasteiger partial charge in [-0.2, -0.15) is 0 Å². The van der Waals surface area contributed by atoms with Gasteiger partial charge in [0.2, 0.25) is 0 Å². The molecule has 2 nitrogen and oxygen atoms in total. The van der Waals surface area contributed by atoms with E-state index in [1.165, 1.54) is 49.6 Å². The molecule has 5 aromatic carbocycles. The maximum absolute atomic E-state index is 6.08. The molecule has 0 N–H and O–H groups in total. The summed E-state index contributed by atoms with van der Waals surface area (Å²) in [5.41, 5.74) is 9.14. The lowest BCUT2D eigenvalue weighted by Gasteiger charge is -2.08. The Bertz CT molecular complexity index is 1820. The first-order chi connectivity index (χ1) is 16.3. The van der Waals surface area contributed by atoms with Gasteiger partial charge in [0.05, 0.1) is 11.0 Å². The average Bonchev–Trinajstić information content (AvgIpc) is 3.39. The molecule has 0 bridgehead atoms. The van der Waals surface area contributed by atoms with Gasteiger partial charge in [-0.25, -0.2) is 0 Å². The SMILES string of the molecule is Cc1ccc2oc3ccc(-c4ccc5c(c4)c4ccccc4n5-c4ccccc4)cc3c2c1. The van der Waals surface area contributed by atoms with E-state index in [4.69, 9.17) is 4.42 Å². The van der Waals surface area contributed by atoms with Gasteiger partial charge in [-0.05, 0) is 72.6 Å². The number of hydrogen-bond donors (Lipinski definition) is 0. The maximum atomic E-state index is 6.08. The second-order valence-electron chi connectivity index (χ2n) is 8.73. The van der Waals surface area contributed by atoms with Gasteiger partial charge in [0.25, 0.3) is 0 Å². The lowest BCUT2D eigenvalue weighted by Crippen LogP contribution is -1.92. The first-order valence-electron chi connectivity index (χ1n) is 11.3. The molecule has 0 fully saturated rings. The predicted octanol–water partition coefficient (Wildman–Crippen LogP) is 8.66. The number of fused-ring (bicyclic) bond motifs is 6. The predicted molar refractivity (Wildman–Crippen MR) is 138 cm³/mol. The molecule has 0 spiro atoms. The second kappa shape index (κ2) is 6.85. The van der Waals surface area contributed by atoms with E-state index >= 15 is 0 Å². The molecule has 0 atom stereocenters. The van der Waals surface area contributed by atoms with Crippen LogP contribution >= 0.6 is 0 Å². The smallest absolute Gasteiger partial charge is 0.135 e. The lowest BCUT2D eigenvalue weighted by molar-refractivity contribution is 0.669. The summed E-state index contributed by atoms with van der Waals surface area (Å²) in [7, 11) is 0. The van der Waals surface area contributed by atoms with E-state index < -0.39 is 0 Å². The van der Waals surface area contributed by atoms with Gasteiger partial charge in [-0.1, -0.05) is 60.2 Å². The number of aromatic nitrogens is 1. The van der Waals surface area contributed by atoms with E-state index in [9.17, 15) is 0 Å². The maximum Gasteiger partial charge on any atom is 0.135 e. The summed E-state index contributed by atoms with van der Waals surface area (Å²) < 4.78 is 8.43. The molecule has 2 heterocycles. The third-order valence-corrected chi connectivity index (χ3v) is 6.65. The zero-order valence-electron chi connectivity index (χ0n) is 18.2. The van der Waals surface area contributed by atoms with Crippen LogP contribution in [0, 0.1) is 6.92 Å². The van der Waals surface area contributed by atoms with E-state index in [2.05, 4.69) is 121 Å². The van der Waals surface area contributed by atoms with Crippen molar-refractivity contribution in [1.82, 2.24) is 4.57 Å². The Balaban J connectivity index is 1.48. The Morgan fingerprint density at radius 3 is 2.00 bits per heavy atom. The van der Waals surface area contributed by atoms with Crippen LogP contribution in [0.15, 0.2) is 114 Å². The number of hydrogen-bond acceptors (Lipinski definition) is 1. The zero-order valence-corrected chi connectivity index (χ0v) is 18.2. The van der Waals surface area contributed by atoms with Crippen LogP contribution in [-0.4, -0.2) is 4.57 Å². The Hall–Kier alpha value is -4.30. The van der Waals surface area contributed by atoms with Crippen molar-refractivity contribution in [3.05, 3.63) is 115 Å². The number of para-hydroxylation sites is 2. The lowest BCUT2D eigenvalue weighted by atomic mass is 10.0. The molecular weight excluding hydrogens is 402 g/mol. The van der Waals surface area contributed by atoms with Crippen molar-refractivity contribution in [2.45, 2.75) is 6.92 Å². The van der Waals surface area contributed by atoms with Crippen molar-refractivity contribution < 1.29 is 4.42 Å². The molecule has 0 aliphatic rings. The number of nitrogens with zero attached hydrogens (tertiary/aromatic N) is 1. The van der Waals surface area contributed by atoms with Crippen molar-refractivity contribution in [1.29, 1.82) is 0 Å². The third-order valence-electron chi connectivity index (χ3n) is 6.65. The van der Waals surface area contributed by atoms with Crippen LogP contribution in [0.2, 0.25) is 0 Å². The minimum Gasteiger partial charge on any atom is -0.456 e. The summed E-state index contributed by atoms with van der Waals surface area (Å²) in [6.07, 6.45) is 0. The Kier molecular flexibility index (Phi) is 3.80. The van der Waals surface area contributed by atoms with Crippen molar-refractivity contribution in [3.63, 3.8) is 0 Å². The summed E-state index contributed by atoms with van der Waals surface area (Å²) in [5, 5.41) is 4.87. The van der Waals surface area contributed by atoms with Crippen LogP contribution in [0.25, 0.3) is 60.6 Å². The Labute approximate surface area is 191 Å². The van der Waals surface area contributed by atoms with Crippen LogP contribution in [0.1, 0.15) is 5.56 Å². The van der Waals surface area contributed by atoms with Crippen LogP contribution in [-0.2, 0) is 0 Å². The molecule has 7 aromatic rings. The minimum absolute atomic E-state index is 0.932. The highest BCUT2D eigenvalue weighted by Crippen LogP contribution is 2.37. The summed E-state index contributed by atoms with van der Waals surface area (Å²) in [6.45, 7) is 2.12. The molecule has 0 saturated heterocycles. The van der Waals surface area contributed by atoms with Gasteiger partial charge in [0, 0.05) is 27.2 Å². The third kappa shape index (κ3) is 2.74. The van der Waals surface area contributed by atoms with Gasteiger partial charge in [-0.3, -0.25) is 0 Å². The molecule has 0 unspecified atom stereocenters. The monoisotopic (exact) mass is 423 g/mol. The number of benzene rings is 5. The molecule has 7 rings (SSSR count). The highest BCUT2D eigenvalue weighted by atomic mass is 16.3. The Morgan fingerprint density at radius 2 is 1.15 bits per heavy atom. The fourth-order valence-corrected chi connectivity index (χ4v) is 5.08. The number of furan rings is 1. The van der Waals surface area contributed by atoms with Crippen LogP contribution < -0.4 is 0 Å². The zero-order chi connectivity index (χ0) is 21.9. The van der Waals surface area contributed by atoms with Crippen molar-refractivity contribution in [3.8, 4) is 16.8 Å². The van der Waals surface area contributed by atoms with E-state index in [1.807, 2.05) is 0 Å². The van der Waals surface area contributed by atoms with Crippen LogP contribution in [0.3, 0.4) is 0 Å². The number of aryl methyl sites for hydroxylation is 1. The minimum atomic E-state index is 0.932. The highest BCUT2D eigenvalue weighted by Gasteiger charge is 2.14. The van der Waals surface area contributed by atoms with Gasteiger partial charge in [-0.15, -0.1) is 0 Å². The van der Waals surface area contributed by atoms with Crippen molar-refractivity contribution >= 4 is 43.7 Å². The highest BCUT2D eigenvalue weighted by molar-refractivity contribution is 6.11. The molecule has 0 amide bonds. The molecule has 156 valence electrons. The van der Waals surface area contributed by atoms with Crippen molar-refractivity contribution in [2.75, 3.05) is 0 Å². The second-order valence-corrected chi connectivity index (χ2v) is 8.73. The largest absolute Gasteiger partial charge is 0.456 e. The molecule has 0 aliphatic heterocycles. The fourth-order valence-electron chi connectivity index (χ4n) is 5.08. The topological polar surface area (TPSA) is 18.1 Å².